The average Bonchev–Trinajstić information content (AvgIpc) is 2.74. The first-order chi connectivity index (χ1) is 8.71. The molecular formula is C12H15F3N4. The van der Waals surface area contributed by atoms with E-state index in [4.69, 9.17) is 0 Å². The van der Waals surface area contributed by atoms with Crippen molar-refractivity contribution in [3.8, 4) is 0 Å². The van der Waals surface area contributed by atoms with Crippen LogP contribution in [-0.4, -0.2) is 16.5 Å². The monoisotopic (exact) mass is 272 g/mol. The molecule has 2 rings (SSSR count). The van der Waals surface area contributed by atoms with Crippen LogP contribution < -0.4 is 5.32 Å². The zero-order chi connectivity index (χ0) is 14.3. The number of aliphatic imine (C=N–C) groups is 1. The number of aromatic amines is 1. The van der Waals surface area contributed by atoms with Crippen molar-refractivity contribution in [3.63, 3.8) is 0 Å². The van der Waals surface area contributed by atoms with Crippen LogP contribution in [-0.2, 0) is 11.6 Å². The molecule has 0 bridgehead atoms. The molecule has 0 saturated carbocycles. The van der Waals surface area contributed by atoms with E-state index < -0.39 is 23.2 Å². The van der Waals surface area contributed by atoms with Crippen LogP contribution >= 0.6 is 0 Å². The van der Waals surface area contributed by atoms with Crippen molar-refractivity contribution in [2.45, 2.75) is 38.4 Å². The molecule has 0 radical (unpaired) electrons. The fourth-order valence-corrected chi connectivity index (χ4v) is 1.93. The molecule has 19 heavy (non-hydrogen) atoms. The lowest BCUT2D eigenvalue weighted by Gasteiger charge is -2.20. The lowest BCUT2D eigenvalue weighted by Crippen LogP contribution is -2.20. The Hall–Kier alpha value is -1.79. The Balaban J connectivity index is 2.56. The molecule has 7 heteroatoms. The first-order valence-electron chi connectivity index (χ1n) is 5.81. The van der Waals surface area contributed by atoms with E-state index in [1.54, 1.807) is 33.0 Å². The molecule has 1 aromatic rings. The summed E-state index contributed by atoms with van der Waals surface area (Å²) in [5.74, 6) is 0. The van der Waals surface area contributed by atoms with E-state index in [1.807, 2.05) is 0 Å². The third kappa shape index (κ3) is 2.64. The minimum absolute atomic E-state index is 0.0112. The highest BCUT2D eigenvalue weighted by molar-refractivity contribution is 5.58. The number of rotatable bonds is 1. The predicted molar refractivity (Wildman–Crippen MR) is 65.8 cm³/mol. The molecule has 2 heterocycles. The van der Waals surface area contributed by atoms with Gasteiger partial charge >= 0.3 is 6.18 Å². The van der Waals surface area contributed by atoms with Gasteiger partial charge in [0.15, 0.2) is 0 Å². The lowest BCUT2D eigenvalue weighted by molar-refractivity contribution is -0.139. The summed E-state index contributed by atoms with van der Waals surface area (Å²) < 4.78 is 39.8. The maximum absolute atomic E-state index is 13.3. The molecule has 1 aliphatic heterocycles. The van der Waals surface area contributed by atoms with Gasteiger partial charge in [0.25, 0.3) is 0 Å². The molecule has 1 aliphatic rings. The van der Waals surface area contributed by atoms with E-state index in [1.165, 1.54) is 6.34 Å². The highest BCUT2D eigenvalue weighted by Gasteiger charge is 2.42. The molecule has 0 aliphatic carbocycles. The number of nitrogens with one attached hydrogen (secondary N) is 2. The molecule has 2 N–H and O–H groups in total. The second-order valence-corrected chi connectivity index (χ2v) is 5.36. The Morgan fingerprint density at radius 2 is 1.89 bits per heavy atom. The van der Waals surface area contributed by atoms with Crippen LogP contribution in [0.3, 0.4) is 0 Å². The molecule has 4 nitrogen and oxygen atoms in total. The molecule has 104 valence electrons. The van der Waals surface area contributed by atoms with E-state index in [0.717, 1.165) is 0 Å². The third-order valence-corrected chi connectivity index (χ3v) is 2.77. The quantitative estimate of drug-likeness (QED) is 0.826. The molecule has 0 spiro atoms. The van der Waals surface area contributed by atoms with Crippen LogP contribution in [0.4, 0.5) is 13.2 Å². The van der Waals surface area contributed by atoms with E-state index in [-0.39, 0.29) is 11.4 Å². The van der Waals surface area contributed by atoms with Crippen molar-refractivity contribution >= 4 is 6.34 Å². The summed E-state index contributed by atoms with van der Waals surface area (Å²) in [5.41, 5.74) is -1.42. The van der Waals surface area contributed by atoms with E-state index in [0.29, 0.717) is 0 Å². The SMILES string of the molecule is CC(C)(C)c1n[nH]c(C2C=CNC=N2)c1C(F)(F)F. The maximum Gasteiger partial charge on any atom is 0.420 e. The third-order valence-electron chi connectivity index (χ3n) is 2.77. The number of nitrogens with zero attached hydrogens (tertiary/aromatic N) is 2. The molecule has 1 unspecified atom stereocenters. The highest BCUT2D eigenvalue weighted by Crippen LogP contribution is 2.41. The summed E-state index contributed by atoms with van der Waals surface area (Å²) in [7, 11) is 0. The zero-order valence-corrected chi connectivity index (χ0v) is 10.8. The Labute approximate surface area is 108 Å². The second kappa shape index (κ2) is 4.40. The van der Waals surface area contributed by atoms with Gasteiger partial charge in [0.05, 0.1) is 17.7 Å². The first kappa shape index (κ1) is 13.6. The summed E-state index contributed by atoms with van der Waals surface area (Å²) in [5, 5.41) is 9.04. The Bertz CT molecular complexity index is 508. The number of hydrogen-bond donors (Lipinski definition) is 2. The van der Waals surface area contributed by atoms with Gasteiger partial charge < -0.3 is 5.32 Å². The van der Waals surface area contributed by atoms with Crippen LogP contribution in [0.15, 0.2) is 17.3 Å². The molecule has 0 amide bonds. The van der Waals surface area contributed by atoms with Crippen LogP contribution in [0.25, 0.3) is 0 Å². The summed E-state index contributed by atoms with van der Waals surface area (Å²) >= 11 is 0. The van der Waals surface area contributed by atoms with Gasteiger partial charge in [-0.2, -0.15) is 18.3 Å². The highest BCUT2D eigenvalue weighted by atomic mass is 19.4. The van der Waals surface area contributed by atoms with Crippen LogP contribution in [0.2, 0.25) is 0 Å². The smallest absolute Gasteiger partial charge is 0.353 e. The molecule has 0 saturated heterocycles. The Kier molecular flexibility index (Phi) is 3.15. The molecule has 0 fully saturated rings. The second-order valence-electron chi connectivity index (χ2n) is 5.36. The lowest BCUT2D eigenvalue weighted by atomic mass is 9.87. The topological polar surface area (TPSA) is 53.1 Å². The average molecular weight is 272 g/mol. The van der Waals surface area contributed by atoms with Gasteiger partial charge in [-0.25, -0.2) is 0 Å². The number of aromatic nitrogens is 2. The summed E-state index contributed by atoms with van der Waals surface area (Å²) in [6.45, 7) is 5.09. The van der Waals surface area contributed by atoms with Gasteiger partial charge in [0.2, 0.25) is 0 Å². The van der Waals surface area contributed by atoms with Gasteiger partial charge in [0.1, 0.15) is 11.6 Å². The van der Waals surface area contributed by atoms with Crippen molar-refractivity contribution in [2.75, 3.05) is 0 Å². The van der Waals surface area contributed by atoms with Gasteiger partial charge in [-0.05, 0) is 6.08 Å². The fourth-order valence-electron chi connectivity index (χ4n) is 1.93. The number of hydrogen-bond acceptors (Lipinski definition) is 3. The van der Waals surface area contributed by atoms with E-state index in [9.17, 15) is 13.2 Å². The van der Waals surface area contributed by atoms with Gasteiger partial charge in [0, 0.05) is 11.6 Å². The predicted octanol–water partition coefficient (Wildman–Crippen LogP) is 2.91. The van der Waals surface area contributed by atoms with E-state index >= 15 is 0 Å². The molecular weight excluding hydrogens is 257 g/mol. The summed E-state index contributed by atoms with van der Waals surface area (Å²) in [6.07, 6.45) is 0.00617. The number of H-pyrrole nitrogens is 1. The Morgan fingerprint density at radius 1 is 1.21 bits per heavy atom. The summed E-state index contributed by atoms with van der Waals surface area (Å²) in [6, 6.07) is -0.693. The van der Waals surface area contributed by atoms with Crippen LogP contribution in [0, 0.1) is 0 Å². The molecule has 1 aromatic heterocycles. The van der Waals surface area contributed by atoms with E-state index in [2.05, 4.69) is 20.5 Å². The van der Waals surface area contributed by atoms with Gasteiger partial charge in [-0.3, -0.25) is 10.1 Å². The molecule has 0 aromatic carbocycles. The van der Waals surface area contributed by atoms with Gasteiger partial charge in [-0.1, -0.05) is 20.8 Å². The van der Waals surface area contributed by atoms with Crippen molar-refractivity contribution in [3.05, 3.63) is 29.2 Å². The summed E-state index contributed by atoms with van der Waals surface area (Å²) in [4.78, 5) is 3.98. The van der Waals surface area contributed by atoms with Crippen molar-refractivity contribution in [1.29, 1.82) is 0 Å². The maximum atomic E-state index is 13.3. The van der Waals surface area contributed by atoms with Crippen molar-refractivity contribution in [1.82, 2.24) is 15.5 Å². The largest absolute Gasteiger partial charge is 0.420 e. The minimum atomic E-state index is -4.46. The minimum Gasteiger partial charge on any atom is -0.353 e. The number of alkyl halides is 3. The molecule has 1 atom stereocenters. The normalized spacial score (nSPS) is 19.6. The van der Waals surface area contributed by atoms with Crippen molar-refractivity contribution < 1.29 is 13.2 Å². The Morgan fingerprint density at radius 3 is 2.37 bits per heavy atom. The van der Waals surface area contributed by atoms with Gasteiger partial charge in [-0.15, -0.1) is 0 Å². The zero-order valence-electron chi connectivity index (χ0n) is 10.8. The van der Waals surface area contributed by atoms with Crippen LogP contribution in [0.5, 0.6) is 0 Å². The fraction of sp³-hybridized carbons (Fsp3) is 0.500. The standard InChI is InChI=1S/C12H15F3N4/c1-11(2,3)10-8(12(13,14)15)9(18-19-10)7-4-5-16-6-17-7/h4-7H,1-3H3,(H,16,17)(H,18,19). The van der Waals surface area contributed by atoms with Crippen LogP contribution in [0.1, 0.15) is 43.8 Å². The first-order valence-corrected chi connectivity index (χ1v) is 5.81. The number of halogens is 3. The van der Waals surface area contributed by atoms with Crippen molar-refractivity contribution in [2.24, 2.45) is 4.99 Å².